The number of benzene rings is 2. The minimum absolute atomic E-state index is 0.0186. The molecule has 10 heteroatoms. The highest BCUT2D eigenvalue weighted by molar-refractivity contribution is 6.30. The first kappa shape index (κ1) is 19.2. The molecule has 0 fully saturated rings. The van der Waals surface area contributed by atoms with Crippen LogP contribution < -0.4 is 10.2 Å². The van der Waals surface area contributed by atoms with Gasteiger partial charge in [0.1, 0.15) is 11.5 Å². The summed E-state index contributed by atoms with van der Waals surface area (Å²) in [5.41, 5.74) is 3.25. The number of nitroso groups, excluding NO2 is 1. The largest absolute Gasteiger partial charge is 0.507 e. The van der Waals surface area contributed by atoms with Gasteiger partial charge in [-0.3, -0.25) is 10.0 Å². The standard InChI is InChI=1S/C16H15ClN4O5/c17-13-3-6-15(22)12(7-13)8-18-19-16(23)10-26-14-4-1-11(2-5-14)9-21(25)20-24/h1-8,22,25H,9-10H2,(H,19,23). The number of carbonyl (C=O) groups is 1. The maximum atomic E-state index is 11.7. The van der Waals surface area contributed by atoms with E-state index in [-0.39, 0.29) is 24.1 Å². The van der Waals surface area contributed by atoms with Gasteiger partial charge in [0.25, 0.3) is 5.91 Å². The minimum Gasteiger partial charge on any atom is -0.507 e. The lowest BCUT2D eigenvalue weighted by Gasteiger charge is -2.08. The highest BCUT2D eigenvalue weighted by Gasteiger charge is 2.04. The average molecular weight is 379 g/mol. The molecule has 136 valence electrons. The number of ether oxygens (including phenoxy) is 1. The van der Waals surface area contributed by atoms with Crippen LogP contribution in [0.25, 0.3) is 0 Å². The summed E-state index contributed by atoms with van der Waals surface area (Å²) in [6.07, 6.45) is 1.26. The molecule has 0 aliphatic heterocycles. The van der Waals surface area contributed by atoms with Crippen LogP contribution in [0.15, 0.2) is 52.9 Å². The van der Waals surface area contributed by atoms with Gasteiger partial charge in [0.2, 0.25) is 0 Å². The third-order valence-electron chi connectivity index (χ3n) is 3.09. The first-order valence-electron chi connectivity index (χ1n) is 7.30. The zero-order valence-corrected chi connectivity index (χ0v) is 14.1. The summed E-state index contributed by atoms with van der Waals surface area (Å²) >= 11 is 5.81. The molecule has 0 aliphatic carbocycles. The van der Waals surface area contributed by atoms with Crippen molar-refractivity contribution in [3.8, 4) is 11.5 Å². The number of aromatic hydroxyl groups is 1. The fourth-order valence-electron chi connectivity index (χ4n) is 1.87. The number of hydrogen-bond donors (Lipinski definition) is 3. The van der Waals surface area contributed by atoms with Crippen molar-refractivity contribution in [3.05, 3.63) is 63.5 Å². The van der Waals surface area contributed by atoms with Gasteiger partial charge in [-0.2, -0.15) is 5.10 Å². The third kappa shape index (κ3) is 6.04. The van der Waals surface area contributed by atoms with Crippen LogP contribution in [0.2, 0.25) is 5.02 Å². The summed E-state index contributed by atoms with van der Waals surface area (Å²) in [6.45, 7) is -0.338. The molecule has 0 bridgehead atoms. The third-order valence-corrected chi connectivity index (χ3v) is 3.33. The molecule has 0 heterocycles. The SMILES string of the molecule is O=NN(O)Cc1ccc(OCC(=O)NN=Cc2cc(Cl)ccc2O)cc1. The van der Waals surface area contributed by atoms with Crippen molar-refractivity contribution < 1.29 is 19.8 Å². The Hall–Kier alpha value is -3.17. The number of phenolic OH excluding ortho intramolecular Hbond substituents is 1. The van der Waals surface area contributed by atoms with Gasteiger partial charge in [-0.25, -0.2) is 5.43 Å². The Bertz CT molecular complexity index is 798. The van der Waals surface area contributed by atoms with Crippen molar-refractivity contribution in [1.29, 1.82) is 0 Å². The first-order chi connectivity index (χ1) is 12.5. The molecule has 9 nitrogen and oxygen atoms in total. The van der Waals surface area contributed by atoms with E-state index in [1.165, 1.54) is 24.4 Å². The predicted molar refractivity (Wildman–Crippen MR) is 93.9 cm³/mol. The molecule has 0 atom stereocenters. The molecule has 0 aromatic heterocycles. The molecule has 2 rings (SSSR count). The quantitative estimate of drug-likeness (QED) is 0.368. The van der Waals surface area contributed by atoms with E-state index in [2.05, 4.69) is 15.8 Å². The number of hydrogen-bond acceptors (Lipinski definition) is 7. The van der Waals surface area contributed by atoms with Gasteiger partial charge in [-0.05, 0) is 35.9 Å². The Balaban J connectivity index is 1.80. The van der Waals surface area contributed by atoms with E-state index in [1.54, 1.807) is 24.3 Å². The average Bonchev–Trinajstić information content (AvgIpc) is 2.64. The Morgan fingerprint density at radius 2 is 2.00 bits per heavy atom. The molecular weight excluding hydrogens is 364 g/mol. The summed E-state index contributed by atoms with van der Waals surface area (Å²) in [7, 11) is 0. The molecule has 0 aliphatic rings. The second-order valence-corrected chi connectivity index (χ2v) is 5.48. The zero-order valence-electron chi connectivity index (χ0n) is 13.4. The van der Waals surface area contributed by atoms with E-state index in [0.717, 1.165) is 0 Å². The molecule has 1 amide bonds. The zero-order chi connectivity index (χ0) is 18.9. The van der Waals surface area contributed by atoms with Crippen LogP contribution in [0, 0.1) is 4.91 Å². The fourth-order valence-corrected chi connectivity index (χ4v) is 2.05. The fraction of sp³-hybridized carbons (Fsp3) is 0.125. The van der Waals surface area contributed by atoms with Crippen molar-refractivity contribution in [2.75, 3.05) is 6.61 Å². The lowest BCUT2D eigenvalue weighted by Crippen LogP contribution is -2.24. The van der Waals surface area contributed by atoms with Gasteiger partial charge in [0.15, 0.2) is 6.61 Å². The molecule has 0 spiro atoms. The van der Waals surface area contributed by atoms with Gasteiger partial charge >= 0.3 is 0 Å². The molecule has 2 aromatic carbocycles. The number of rotatable bonds is 8. The lowest BCUT2D eigenvalue weighted by atomic mass is 10.2. The summed E-state index contributed by atoms with van der Waals surface area (Å²) in [4.78, 5) is 21.8. The Morgan fingerprint density at radius 3 is 2.69 bits per heavy atom. The number of nitrogens with zero attached hydrogens (tertiary/aromatic N) is 3. The minimum atomic E-state index is -0.501. The highest BCUT2D eigenvalue weighted by Crippen LogP contribution is 2.19. The van der Waals surface area contributed by atoms with E-state index in [1.807, 2.05) is 0 Å². The van der Waals surface area contributed by atoms with Gasteiger partial charge in [-0.1, -0.05) is 23.7 Å². The Labute approximate surface area is 153 Å². The van der Waals surface area contributed by atoms with Crippen LogP contribution in [0.5, 0.6) is 11.5 Å². The summed E-state index contributed by atoms with van der Waals surface area (Å²) in [6, 6.07) is 10.8. The smallest absolute Gasteiger partial charge is 0.277 e. The number of hydroxylamine groups is 1. The van der Waals surface area contributed by atoms with E-state index in [0.29, 0.717) is 21.9 Å². The molecule has 26 heavy (non-hydrogen) atoms. The van der Waals surface area contributed by atoms with Crippen molar-refractivity contribution in [3.63, 3.8) is 0 Å². The molecule has 0 saturated heterocycles. The van der Waals surface area contributed by atoms with E-state index in [4.69, 9.17) is 21.5 Å². The summed E-state index contributed by atoms with van der Waals surface area (Å²) in [5, 5.41) is 25.4. The maximum absolute atomic E-state index is 11.7. The van der Waals surface area contributed by atoms with Crippen molar-refractivity contribution in [2.45, 2.75) is 6.54 Å². The number of carbonyl (C=O) groups excluding carboxylic acids is 1. The number of nitrogens with one attached hydrogen (secondary N) is 1. The molecule has 2 aromatic rings. The van der Waals surface area contributed by atoms with Gasteiger partial charge in [0, 0.05) is 10.6 Å². The molecule has 3 N–H and O–H groups in total. The highest BCUT2D eigenvalue weighted by atomic mass is 35.5. The second-order valence-electron chi connectivity index (χ2n) is 5.04. The van der Waals surface area contributed by atoms with Crippen molar-refractivity contribution in [2.24, 2.45) is 10.4 Å². The Morgan fingerprint density at radius 1 is 1.27 bits per heavy atom. The second kappa shape index (κ2) is 9.35. The van der Waals surface area contributed by atoms with E-state index >= 15 is 0 Å². The van der Waals surface area contributed by atoms with Crippen LogP contribution >= 0.6 is 11.6 Å². The maximum Gasteiger partial charge on any atom is 0.277 e. The van der Waals surface area contributed by atoms with Gasteiger partial charge in [-0.15, -0.1) is 10.1 Å². The first-order valence-corrected chi connectivity index (χ1v) is 7.67. The van der Waals surface area contributed by atoms with Crippen molar-refractivity contribution in [1.82, 2.24) is 10.6 Å². The topological polar surface area (TPSA) is 124 Å². The van der Waals surface area contributed by atoms with Crippen LogP contribution in [-0.4, -0.2) is 34.2 Å². The molecule has 0 unspecified atom stereocenters. The number of amides is 1. The number of phenols is 1. The van der Waals surface area contributed by atoms with Gasteiger partial charge in [0.05, 0.1) is 18.0 Å². The van der Waals surface area contributed by atoms with E-state index in [9.17, 15) is 14.8 Å². The molecule has 0 radical (unpaired) electrons. The monoisotopic (exact) mass is 378 g/mol. The number of halogens is 1. The van der Waals surface area contributed by atoms with Crippen LogP contribution in [0.3, 0.4) is 0 Å². The molecule has 0 saturated carbocycles. The van der Waals surface area contributed by atoms with Crippen LogP contribution in [0.4, 0.5) is 0 Å². The number of hydrazone groups is 1. The van der Waals surface area contributed by atoms with Crippen molar-refractivity contribution >= 4 is 23.7 Å². The summed E-state index contributed by atoms with van der Waals surface area (Å²) < 4.78 is 5.28. The summed E-state index contributed by atoms with van der Waals surface area (Å²) in [5.74, 6) is -0.0996. The lowest BCUT2D eigenvalue weighted by molar-refractivity contribution is -0.123. The predicted octanol–water partition coefficient (Wildman–Crippen LogP) is 2.45. The van der Waals surface area contributed by atoms with Crippen LogP contribution in [0.1, 0.15) is 11.1 Å². The van der Waals surface area contributed by atoms with Crippen LogP contribution in [-0.2, 0) is 11.3 Å². The normalized spacial score (nSPS) is 10.5. The Kier molecular flexibility index (Phi) is 6.89. The van der Waals surface area contributed by atoms with E-state index < -0.39 is 5.91 Å². The molecular formula is C16H15ClN4O5. The van der Waals surface area contributed by atoms with Gasteiger partial charge < -0.3 is 9.84 Å².